The summed E-state index contributed by atoms with van der Waals surface area (Å²) >= 11 is 7.89. The molecule has 3 N–H and O–H groups in total. The number of anilines is 2. The van der Waals surface area contributed by atoms with Crippen LogP contribution in [0.3, 0.4) is 0 Å². The van der Waals surface area contributed by atoms with E-state index in [1.165, 1.54) is 23.5 Å². The highest BCUT2D eigenvalue weighted by molar-refractivity contribution is 9.13. The first-order chi connectivity index (χ1) is 8.47. The Kier molecular flexibility index (Phi) is 4.04. The number of nitrogens with two attached hydrogens (primary N) is 1. The van der Waals surface area contributed by atoms with Crippen molar-refractivity contribution < 1.29 is 9.18 Å². The molecule has 0 saturated heterocycles. The molecule has 2 aromatic rings. The van der Waals surface area contributed by atoms with Crippen LogP contribution in [0.25, 0.3) is 0 Å². The quantitative estimate of drug-likeness (QED) is 0.749. The second-order valence-electron chi connectivity index (χ2n) is 3.42. The van der Waals surface area contributed by atoms with Gasteiger partial charge in [-0.3, -0.25) is 4.79 Å². The lowest BCUT2D eigenvalue weighted by Crippen LogP contribution is -2.10. The zero-order valence-electron chi connectivity index (χ0n) is 8.84. The largest absolute Gasteiger partial charge is 0.396 e. The van der Waals surface area contributed by atoms with Crippen molar-refractivity contribution in [2.24, 2.45) is 0 Å². The molecule has 0 bridgehead atoms. The van der Waals surface area contributed by atoms with Crippen LogP contribution in [0.4, 0.5) is 15.8 Å². The zero-order valence-corrected chi connectivity index (χ0v) is 12.8. The summed E-state index contributed by atoms with van der Waals surface area (Å²) in [6.07, 6.45) is 0. The molecule has 1 heterocycles. The number of nitrogen functional groups attached to an aromatic ring is 1. The van der Waals surface area contributed by atoms with Crippen molar-refractivity contribution >= 4 is 60.5 Å². The molecule has 1 amide bonds. The molecule has 18 heavy (non-hydrogen) atoms. The van der Waals surface area contributed by atoms with Gasteiger partial charge in [0.2, 0.25) is 0 Å². The second kappa shape index (κ2) is 5.38. The predicted molar refractivity (Wildman–Crippen MR) is 78.5 cm³/mol. The topological polar surface area (TPSA) is 55.1 Å². The number of thiophene rings is 1. The van der Waals surface area contributed by atoms with Crippen LogP contribution in [0.1, 0.15) is 9.67 Å². The number of amides is 1. The predicted octanol–water partition coefficient (Wildman–Crippen LogP) is 4.25. The summed E-state index contributed by atoms with van der Waals surface area (Å²) in [7, 11) is 0. The van der Waals surface area contributed by atoms with Gasteiger partial charge in [0.25, 0.3) is 5.91 Å². The van der Waals surface area contributed by atoms with Crippen LogP contribution < -0.4 is 11.1 Å². The van der Waals surface area contributed by atoms with Gasteiger partial charge in [0.15, 0.2) is 0 Å². The van der Waals surface area contributed by atoms with Crippen LogP contribution in [-0.2, 0) is 0 Å². The maximum absolute atomic E-state index is 13.2. The highest BCUT2D eigenvalue weighted by Crippen LogP contribution is 2.32. The van der Waals surface area contributed by atoms with Gasteiger partial charge >= 0.3 is 0 Å². The lowest BCUT2D eigenvalue weighted by molar-refractivity contribution is 0.103. The number of carbonyl (C=O) groups excluding carboxylic acids is 1. The molecule has 0 fully saturated rings. The first kappa shape index (κ1) is 13.5. The molecule has 94 valence electrons. The van der Waals surface area contributed by atoms with Crippen molar-refractivity contribution in [2.45, 2.75) is 0 Å². The van der Waals surface area contributed by atoms with Crippen molar-refractivity contribution in [1.29, 1.82) is 0 Å². The molecular weight excluding hydrogens is 387 g/mol. The fourth-order valence-corrected chi connectivity index (χ4v) is 3.19. The molecule has 1 aromatic carbocycles. The van der Waals surface area contributed by atoms with Crippen LogP contribution in [0.5, 0.6) is 0 Å². The van der Waals surface area contributed by atoms with E-state index in [4.69, 9.17) is 5.73 Å². The standard InChI is InChI=1S/C11H7Br2FN2OS/c12-6-4-9(18-10(6)13)11(17)16-5-1-2-8(15)7(14)3-5/h1-4H,15H2,(H,16,17). The normalized spacial score (nSPS) is 10.4. The minimum Gasteiger partial charge on any atom is -0.396 e. The highest BCUT2D eigenvalue weighted by Gasteiger charge is 2.12. The van der Waals surface area contributed by atoms with Crippen molar-refractivity contribution in [2.75, 3.05) is 11.1 Å². The van der Waals surface area contributed by atoms with Crippen LogP contribution in [0, 0.1) is 5.82 Å². The fraction of sp³-hybridized carbons (Fsp3) is 0. The lowest BCUT2D eigenvalue weighted by atomic mass is 10.2. The van der Waals surface area contributed by atoms with E-state index < -0.39 is 5.82 Å². The van der Waals surface area contributed by atoms with Gasteiger partial charge in [-0.25, -0.2) is 4.39 Å². The summed E-state index contributed by atoms with van der Waals surface area (Å²) in [6, 6.07) is 5.84. The zero-order chi connectivity index (χ0) is 13.3. The molecule has 0 aliphatic heterocycles. The molecule has 2 rings (SSSR count). The molecule has 0 atom stereocenters. The van der Waals surface area contributed by atoms with Crippen molar-refractivity contribution in [3.63, 3.8) is 0 Å². The fourth-order valence-electron chi connectivity index (χ4n) is 1.26. The Morgan fingerprint density at radius 2 is 2.06 bits per heavy atom. The number of rotatable bonds is 2. The SMILES string of the molecule is Nc1ccc(NC(=O)c2cc(Br)c(Br)s2)cc1F. The Labute approximate surface area is 123 Å². The van der Waals surface area contributed by atoms with Crippen LogP contribution in [-0.4, -0.2) is 5.91 Å². The number of nitrogens with one attached hydrogen (secondary N) is 1. The third kappa shape index (κ3) is 2.90. The maximum atomic E-state index is 13.2. The van der Waals surface area contributed by atoms with Crippen LogP contribution in [0.2, 0.25) is 0 Å². The molecule has 1 aromatic heterocycles. The summed E-state index contributed by atoms with van der Waals surface area (Å²) in [4.78, 5) is 12.4. The number of halogens is 3. The monoisotopic (exact) mass is 392 g/mol. The molecule has 7 heteroatoms. The number of carbonyl (C=O) groups is 1. The smallest absolute Gasteiger partial charge is 0.265 e. The molecule has 0 radical (unpaired) electrons. The van der Waals surface area contributed by atoms with E-state index >= 15 is 0 Å². The number of benzene rings is 1. The number of hydrogen-bond donors (Lipinski definition) is 2. The first-order valence-electron chi connectivity index (χ1n) is 4.78. The van der Waals surface area contributed by atoms with E-state index in [1.807, 2.05) is 0 Å². The summed E-state index contributed by atoms with van der Waals surface area (Å²) in [5, 5.41) is 2.60. The molecule has 3 nitrogen and oxygen atoms in total. The summed E-state index contributed by atoms with van der Waals surface area (Å²) in [5.74, 6) is -0.850. The molecule has 0 aliphatic carbocycles. The van der Waals surface area contributed by atoms with Gasteiger partial charge in [0.1, 0.15) is 5.82 Å². The van der Waals surface area contributed by atoms with Gasteiger partial charge < -0.3 is 11.1 Å². The van der Waals surface area contributed by atoms with Crippen molar-refractivity contribution in [1.82, 2.24) is 0 Å². The minimum absolute atomic E-state index is 0.0506. The molecule has 0 saturated carbocycles. The van der Waals surface area contributed by atoms with E-state index in [9.17, 15) is 9.18 Å². The van der Waals surface area contributed by atoms with Crippen LogP contribution in [0.15, 0.2) is 32.5 Å². The molecule has 0 unspecified atom stereocenters. The van der Waals surface area contributed by atoms with E-state index in [2.05, 4.69) is 37.2 Å². The lowest BCUT2D eigenvalue weighted by Gasteiger charge is -2.04. The van der Waals surface area contributed by atoms with Gasteiger partial charge in [-0.15, -0.1) is 11.3 Å². The van der Waals surface area contributed by atoms with E-state index in [-0.39, 0.29) is 11.6 Å². The van der Waals surface area contributed by atoms with Gasteiger partial charge in [0.05, 0.1) is 14.4 Å². The summed E-state index contributed by atoms with van der Waals surface area (Å²) in [6.45, 7) is 0. The van der Waals surface area contributed by atoms with Gasteiger partial charge in [-0.1, -0.05) is 0 Å². The van der Waals surface area contributed by atoms with E-state index in [1.54, 1.807) is 12.1 Å². The third-order valence-corrected chi connectivity index (χ3v) is 5.38. The van der Waals surface area contributed by atoms with Gasteiger partial charge in [-0.2, -0.15) is 0 Å². The molecule has 0 aliphatic rings. The molecular formula is C11H7Br2FN2OS. The second-order valence-corrected chi connectivity index (χ2v) is 6.65. The minimum atomic E-state index is -0.554. The summed E-state index contributed by atoms with van der Waals surface area (Å²) < 4.78 is 14.8. The maximum Gasteiger partial charge on any atom is 0.265 e. The number of hydrogen-bond acceptors (Lipinski definition) is 3. The Bertz CT molecular complexity index is 596. The molecule has 0 spiro atoms. The third-order valence-electron chi connectivity index (χ3n) is 2.13. The van der Waals surface area contributed by atoms with Gasteiger partial charge in [-0.05, 0) is 56.1 Å². The average molecular weight is 394 g/mol. The Morgan fingerprint density at radius 1 is 1.33 bits per heavy atom. The van der Waals surface area contributed by atoms with Crippen molar-refractivity contribution in [3.8, 4) is 0 Å². The van der Waals surface area contributed by atoms with E-state index in [0.29, 0.717) is 10.6 Å². The Balaban J connectivity index is 2.18. The van der Waals surface area contributed by atoms with Gasteiger partial charge in [0, 0.05) is 10.2 Å². The summed E-state index contributed by atoms with van der Waals surface area (Å²) in [5.41, 5.74) is 5.77. The Morgan fingerprint density at radius 3 is 2.61 bits per heavy atom. The van der Waals surface area contributed by atoms with E-state index in [0.717, 1.165) is 8.26 Å². The highest BCUT2D eigenvalue weighted by atomic mass is 79.9. The Hall–Kier alpha value is -0.920. The van der Waals surface area contributed by atoms with Crippen molar-refractivity contribution in [3.05, 3.63) is 43.2 Å². The van der Waals surface area contributed by atoms with Crippen LogP contribution >= 0.6 is 43.2 Å². The average Bonchev–Trinajstić information content (AvgIpc) is 2.65. The first-order valence-corrected chi connectivity index (χ1v) is 7.19.